The molecule has 1 saturated heterocycles. The van der Waals surface area contributed by atoms with E-state index in [4.69, 9.17) is 9.73 Å². The molecule has 27 heavy (non-hydrogen) atoms. The highest BCUT2D eigenvalue weighted by atomic mass is 32.2. The molecule has 1 heterocycles. The Kier molecular flexibility index (Phi) is 8.14. The van der Waals surface area contributed by atoms with Gasteiger partial charge >= 0.3 is 0 Å². The van der Waals surface area contributed by atoms with Crippen LogP contribution in [0.4, 0.5) is 5.69 Å². The van der Waals surface area contributed by atoms with Crippen molar-refractivity contribution in [3.63, 3.8) is 0 Å². The van der Waals surface area contributed by atoms with Crippen molar-refractivity contribution in [3.8, 4) is 0 Å². The van der Waals surface area contributed by atoms with Crippen molar-refractivity contribution < 1.29 is 4.74 Å². The third-order valence-electron chi connectivity index (χ3n) is 5.04. The average Bonchev–Trinajstić information content (AvgIpc) is 3.54. The second-order valence-corrected chi connectivity index (χ2v) is 8.60. The van der Waals surface area contributed by atoms with Crippen LogP contribution in [0.5, 0.6) is 0 Å². The second kappa shape index (κ2) is 10.8. The van der Waals surface area contributed by atoms with Crippen LogP contribution in [-0.2, 0) is 11.3 Å². The van der Waals surface area contributed by atoms with Gasteiger partial charge < -0.3 is 19.9 Å². The lowest BCUT2D eigenvalue weighted by Gasteiger charge is -2.28. The molecule has 0 amide bonds. The number of hydrogen-bond acceptors (Lipinski definition) is 4. The van der Waals surface area contributed by atoms with Gasteiger partial charge in [-0.25, -0.2) is 4.99 Å². The zero-order valence-corrected chi connectivity index (χ0v) is 17.6. The lowest BCUT2D eigenvalue weighted by atomic mass is 10.2. The van der Waals surface area contributed by atoms with E-state index in [1.54, 1.807) is 0 Å². The quantitative estimate of drug-likeness (QED) is 0.399. The third kappa shape index (κ3) is 6.92. The number of hydrogen-bond donors (Lipinski definition) is 1. The first-order valence-corrected chi connectivity index (χ1v) is 11.4. The number of anilines is 1. The van der Waals surface area contributed by atoms with E-state index in [2.05, 4.69) is 53.4 Å². The van der Waals surface area contributed by atoms with E-state index in [1.807, 2.05) is 11.8 Å². The summed E-state index contributed by atoms with van der Waals surface area (Å²) in [5.74, 6) is 4.23. The molecule has 5 nitrogen and oxygen atoms in total. The summed E-state index contributed by atoms with van der Waals surface area (Å²) in [5.41, 5.74) is 2.58. The van der Waals surface area contributed by atoms with Crippen LogP contribution >= 0.6 is 11.8 Å². The largest absolute Gasteiger partial charge is 0.379 e. The molecule has 0 unspecified atom stereocenters. The molecule has 6 heteroatoms. The molecule has 0 spiro atoms. The van der Waals surface area contributed by atoms with Crippen molar-refractivity contribution >= 4 is 23.4 Å². The molecule has 0 aromatic heterocycles. The standard InChI is InChI=1S/C21H34N4OS/c1-3-22-21(24(2)10-13-26-17-19-4-5-19)23-16-18-6-8-20(9-7-18)25-11-14-27-15-12-25/h6-9,19H,3-5,10-17H2,1-2H3,(H,22,23). The first-order valence-electron chi connectivity index (χ1n) is 10.2. The van der Waals surface area contributed by atoms with Crippen molar-refractivity contribution in [1.29, 1.82) is 0 Å². The van der Waals surface area contributed by atoms with E-state index in [0.29, 0.717) is 6.54 Å². The first kappa shape index (κ1) is 20.3. The van der Waals surface area contributed by atoms with Crippen molar-refractivity contribution in [2.24, 2.45) is 10.9 Å². The smallest absolute Gasteiger partial charge is 0.194 e. The lowest BCUT2D eigenvalue weighted by molar-refractivity contribution is 0.115. The summed E-state index contributed by atoms with van der Waals surface area (Å²) < 4.78 is 5.76. The Bertz CT molecular complexity index is 582. The number of nitrogens with one attached hydrogen (secondary N) is 1. The molecule has 3 rings (SSSR count). The van der Waals surface area contributed by atoms with Crippen LogP contribution in [0, 0.1) is 5.92 Å². The van der Waals surface area contributed by atoms with Gasteiger partial charge in [0.25, 0.3) is 0 Å². The summed E-state index contributed by atoms with van der Waals surface area (Å²) >= 11 is 2.05. The number of ether oxygens (including phenoxy) is 1. The van der Waals surface area contributed by atoms with Crippen molar-refractivity contribution in [3.05, 3.63) is 29.8 Å². The molecule has 0 bridgehead atoms. The predicted molar refractivity (Wildman–Crippen MR) is 117 cm³/mol. The highest BCUT2D eigenvalue weighted by molar-refractivity contribution is 7.99. The summed E-state index contributed by atoms with van der Waals surface area (Å²) in [4.78, 5) is 9.45. The van der Waals surface area contributed by atoms with Crippen LogP contribution < -0.4 is 10.2 Å². The second-order valence-electron chi connectivity index (χ2n) is 7.38. The molecule has 1 saturated carbocycles. The van der Waals surface area contributed by atoms with Crippen molar-refractivity contribution in [1.82, 2.24) is 10.2 Å². The summed E-state index contributed by atoms with van der Waals surface area (Å²) in [6, 6.07) is 8.90. The molecule has 1 aromatic rings. The molecule has 1 N–H and O–H groups in total. The van der Waals surface area contributed by atoms with Gasteiger partial charge in [-0.2, -0.15) is 11.8 Å². The van der Waals surface area contributed by atoms with Crippen LogP contribution in [-0.4, -0.2) is 68.8 Å². The molecule has 1 aliphatic carbocycles. The number of guanidine groups is 1. The van der Waals surface area contributed by atoms with E-state index in [1.165, 1.54) is 35.6 Å². The maximum Gasteiger partial charge on any atom is 0.194 e. The highest BCUT2D eigenvalue weighted by Gasteiger charge is 2.21. The Labute approximate surface area is 168 Å². The highest BCUT2D eigenvalue weighted by Crippen LogP contribution is 2.28. The fourth-order valence-electron chi connectivity index (χ4n) is 3.11. The molecule has 2 fully saturated rings. The lowest BCUT2D eigenvalue weighted by Crippen LogP contribution is -2.40. The zero-order valence-electron chi connectivity index (χ0n) is 16.8. The van der Waals surface area contributed by atoms with Gasteiger partial charge in [0.15, 0.2) is 5.96 Å². The SMILES string of the molecule is CCNC(=NCc1ccc(N2CCSCC2)cc1)N(C)CCOCC1CC1. The van der Waals surface area contributed by atoms with Gasteiger partial charge in [-0.15, -0.1) is 0 Å². The molecule has 1 aromatic carbocycles. The molecule has 0 atom stereocenters. The van der Waals surface area contributed by atoms with Crippen LogP contribution in [0.15, 0.2) is 29.3 Å². The molecule has 0 radical (unpaired) electrons. The van der Waals surface area contributed by atoms with Gasteiger partial charge in [0.1, 0.15) is 0 Å². The number of benzene rings is 1. The maximum atomic E-state index is 5.76. The predicted octanol–water partition coefficient (Wildman–Crippen LogP) is 3.06. The minimum Gasteiger partial charge on any atom is -0.379 e. The van der Waals surface area contributed by atoms with Gasteiger partial charge in [0, 0.05) is 57.0 Å². The Hall–Kier alpha value is -1.40. The Morgan fingerprint density at radius 3 is 2.67 bits per heavy atom. The first-order chi connectivity index (χ1) is 13.3. The molecule has 1 aliphatic heterocycles. The molecular formula is C21H34N4OS. The molecular weight excluding hydrogens is 356 g/mol. The van der Waals surface area contributed by atoms with Crippen molar-refractivity contribution in [2.75, 3.05) is 62.8 Å². The molecule has 2 aliphatic rings. The van der Waals surface area contributed by atoms with E-state index < -0.39 is 0 Å². The van der Waals surface area contributed by atoms with Gasteiger partial charge in [0.2, 0.25) is 0 Å². The van der Waals surface area contributed by atoms with E-state index in [-0.39, 0.29) is 0 Å². The Balaban J connectivity index is 1.48. The Morgan fingerprint density at radius 1 is 1.26 bits per heavy atom. The number of rotatable bonds is 9. The summed E-state index contributed by atoms with van der Waals surface area (Å²) in [6.07, 6.45) is 2.69. The summed E-state index contributed by atoms with van der Waals surface area (Å²) in [5, 5.41) is 3.39. The van der Waals surface area contributed by atoms with Gasteiger partial charge in [-0.1, -0.05) is 12.1 Å². The number of likely N-dealkylation sites (N-methyl/N-ethyl adjacent to an activating group) is 1. The summed E-state index contributed by atoms with van der Waals surface area (Å²) in [6.45, 7) is 8.54. The topological polar surface area (TPSA) is 40.1 Å². The summed E-state index contributed by atoms with van der Waals surface area (Å²) in [7, 11) is 2.08. The van der Waals surface area contributed by atoms with E-state index in [9.17, 15) is 0 Å². The number of nitrogens with zero attached hydrogens (tertiary/aromatic N) is 3. The van der Waals surface area contributed by atoms with Gasteiger partial charge in [0.05, 0.1) is 13.2 Å². The number of thioether (sulfide) groups is 1. The monoisotopic (exact) mass is 390 g/mol. The fourth-order valence-corrected chi connectivity index (χ4v) is 4.01. The maximum absolute atomic E-state index is 5.76. The number of aliphatic imine (C=N–C) groups is 1. The minimum atomic E-state index is 0.700. The van der Waals surface area contributed by atoms with Gasteiger partial charge in [-0.3, -0.25) is 0 Å². The Morgan fingerprint density at radius 2 is 2.00 bits per heavy atom. The van der Waals surface area contributed by atoms with Crippen LogP contribution in [0.3, 0.4) is 0 Å². The van der Waals surface area contributed by atoms with E-state index >= 15 is 0 Å². The minimum absolute atomic E-state index is 0.700. The fraction of sp³-hybridized carbons (Fsp3) is 0.667. The molecule has 150 valence electrons. The average molecular weight is 391 g/mol. The van der Waals surface area contributed by atoms with Crippen LogP contribution in [0.1, 0.15) is 25.3 Å². The van der Waals surface area contributed by atoms with Crippen LogP contribution in [0.25, 0.3) is 0 Å². The normalized spacial score (nSPS) is 17.9. The van der Waals surface area contributed by atoms with E-state index in [0.717, 1.165) is 51.3 Å². The van der Waals surface area contributed by atoms with Gasteiger partial charge in [-0.05, 0) is 43.4 Å². The third-order valence-corrected chi connectivity index (χ3v) is 5.98. The van der Waals surface area contributed by atoms with Crippen molar-refractivity contribution in [2.45, 2.75) is 26.3 Å². The zero-order chi connectivity index (χ0) is 18.9. The van der Waals surface area contributed by atoms with Crippen LogP contribution in [0.2, 0.25) is 0 Å².